The van der Waals surface area contributed by atoms with E-state index in [2.05, 4.69) is 30.6 Å². The highest BCUT2D eigenvalue weighted by Gasteiger charge is 2.21. The maximum Gasteiger partial charge on any atom is 0.0195 e. The van der Waals surface area contributed by atoms with Crippen LogP contribution in [0, 0.1) is 0 Å². The summed E-state index contributed by atoms with van der Waals surface area (Å²) in [6.45, 7) is 11.7. The van der Waals surface area contributed by atoms with Crippen molar-refractivity contribution in [1.82, 2.24) is 10.2 Å². The van der Waals surface area contributed by atoms with E-state index < -0.39 is 0 Å². The lowest BCUT2D eigenvalue weighted by Crippen LogP contribution is -2.41. The minimum Gasteiger partial charge on any atom is -0.312 e. The largest absolute Gasteiger partial charge is 0.312 e. The van der Waals surface area contributed by atoms with Crippen LogP contribution in [0.25, 0.3) is 0 Å². The molecule has 2 nitrogen and oxygen atoms in total. The molecule has 1 unspecified atom stereocenters. The molecule has 0 aromatic heterocycles. The Balaban J connectivity index is 2.20. The van der Waals surface area contributed by atoms with Crippen LogP contribution in [-0.4, -0.2) is 36.6 Å². The number of nitrogens with zero attached hydrogens (tertiary/aromatic N) is 1. The molecule has 1 aliphatic rings. The molecule has 0 bridgehead atoms. The standard InChI is InChI=1S/C12H24N2/c1-4-8-14(9-5-2)11(3)10-13-12-6-7-12/h4,11-13H,1,5-10H2,2-3H3. The summed E-state index contributed by atoms with van der Waals surface area (Å²) in [6, 6.07) is 1.46. The Bertz CT molecular complexity index is 164. The van der Waals surface area contributed by atoms with Crippen molar-refractivity contribution in [3.8, 4) is 0 Å². The summed E-state index contributed by atoms with van der Waals surface area (Å²) >= 11 is 0. The van der Waals surface area contributed by atoms with Gasteiger partial charge in [-0.1, -0.05) is 13.0 Å². The second-order valence-corrected chi connectivity index (χ2v) is 4.32. The highest BCUT2D eigenvalue weighted by atomic mass is 15.2. The van der Waals surface area contributed by atoms with Crippen molar-refractivity contribution < 1.29 is 0 Å². The normalized spacial score (nSPS) is 18.5. The van der Waals surface area contributed by atoms with Gasteiger partial charge < -0.3 is 5.32 Å². The number of hydrogen-bond acceptors (Lipinski definition) is 2. The smallest absolute Gasteiger partial charge is 0.0195 e. The molecule has 0 heterocycles. The Morgan fingerprint density at radius 3 is 2.79 bits per heavy atom. The van der Waals surface area contributed by atoms with E-state index >= 15 is 0 Å². The van der Waals surface area contributed by atoms with Crippen LogP contribution in [0.1, 0.15) is 33.1 Å². The van der Waals surface area contributed by atoms with Gasteiger partial charge in [0.05, 0.1) is 0 Å². The lowest BCUT2D eigenvalue weighted by atomic mass is 10.2. The average Bonchev–Trinajstić information content (AvgIpc) is 2.97. The highest BCUT2D eigenvalue weighted by Crippen LogP contribution is 2.18. The van der Waals surface area contributed by atoms with Crippen LogP contribution in [0.15, 0.2) is 12.7 Å². The molecule has 1 N–H and O–H groups in total. The van der Waals surface area contributed by atoms with Crippen LogP contribution in [0.3, 0.4) is 0 Å². The first-order valence-electron chi connectivity index (χ1n) is 5.86. The van der Waals surface area contributed by atoms with Crippen molar-refractivity contribution in [3.63, 3.8) is 0 Å². The van der Waals surface area contributed by atoms with Crippen LogP contribution in [0.2, 0.25) is 0 Å². The van der Waals surface area contributed by atoms with Crippen molar-refractivity contribution in [1.29, 1.82) is 0 Å². The third-order valence-corrected chi connectivity index (χ3v) is 2.78. The molecule has 1 rings (SSSR count). The van der Waals surface area contributed by atoms with Crippen LogP contribution >= 0.6 is 0 Å². The van der Waals surface area contributed by atoms with Gasteiger partial charge in [0.25, 0.3) is 0 Å². The minimum absolute atomic E-state index is 0.633. The van der Waals surface area contributed by atoms with Crippen LogP contribution in [0.5, 0.6) is 0 Å². The zero-order valence-electron chi connectivity index (χ0n) is 9.63. The first kappa shape index (κ1) is 11.7. The number of hydrogen-bond donors (Lipinski definition) is 1. The third-order valence-electron chi connectivity index (χ3n) is 2.78. The molecule has 0 saturated heterocycles. The maximum absolute atomic E-state index is 3.81. The monoisotopic (exact) mass is 196 g/mol. The molecular formula is C12H24N2. The summed E-state index contributed by atoms with van der Waals surface area (Å²) in [5.41, 5.74) is 0. The molecule has 0 aromatic carbocycles. The molecular weight excluding hydrogens is 172 g/mol. The van der Waals surface area contributed by atoms with Gasteiger partial charge in [-0.2, -0.15) is 0 Å². The zero-order valence-corrected chi connectivity index (χ0v) is 9.63. The topological polar surface area (TPSA) is 15.3 Å². The fourth-order valence-corrected chi connectivity index (χ4v) is 1.70. The quantitative estimate of drug-likeness (QED) is 0.598. The fraction of sp³-hybridized carbons (Fsp3) is 0.833. The molecule has 0 spiro atoms. The molecule has 2 heteroatoms. The van der Waals surface area contributed by atoms with E-state index in [9.17, 15) is 0 Å². The van der Waals surface area contributed by atoms with Crippen molar-refractivity contribution in [2.75, 3.05) is 19.6 Å². The molecule has 0 aromatic rings. The van der Waals surface area contributed by atoms with E-state index in [-0.39, 0.29) is 0 Å². The first-order valence-corrected chi connectivity index (χ1v) is 5.86. The molecule has 1 atom stereocenters. The summed E-state index contributed by atoms with van der Waals surface area (Å²) in [4.78, 5) is 2.49. The van der Waals surface area contributed by atoms with E-state index in [1.807, 2.05) is 6.08 Å². The summed E-state index contributed by atoms with van der Waals surface area (Å²) in [5, 5.41) is 3.58. The Hall–Kier alpha value is -0.340. The average molecular weight is 196 g/mol. The maximum atomic E-state index is 3.81. The first-order chi connectivity index (χ1) is 6.77. The highest BCUT2D eigenvalue weighted by molar-refractivity contribution is 4.84. The molecule has 1 aliphatic carbocycles. The zero-order chi connectivity index (χ0) is 10.4. The second kappa shape index (κ2) is 6.20. The molecule has 0 radical (unpaired) electrons. The van der Waals surface area contributed by atoms with E-state index in [0.717, 1.165) is 19.1 Å². The van der Waals surface area contributed by atoms with Gasteiger partial charge in [-0.3, -0.25) is 4.90 Å². The van der Waals surface area contributed by atoms with Crippen LogP contribution in [0.4, 0.5) is 0 Å². The van der Waals surface area contributed by atoms with Gasteiger partial charge in [0.15, 0.2) is 0 Å². The lowest BCUT2D eigenvalue weighted by molar-refractivity contribution is 0.226. The molecule has 82 valence electrons. The van der Waals surface area contributed by atoms with Crippen molar-refractivity contribution in [3.05, 3.63) is 12.7 Å². The Morgan fingerprint density at radius 2 is 2.29 bits per heavy atom. The number of nitrogens with one attached hydrogen (secondary N) is 1. The summed E-state index contributed by atoms with van der Waals surface area (Å²) in [7, 11) is 0. The third kappa shape index (κ3) is 4.25. The molecule has 0 aliphatic heterocycles. The predicted molar refractivity (Wildman–Crippen MR) is 62.5 cm³/mol. The Kier molecular flexibility index (Phi) is 5.20. The van der Waals surface area contributed by atoms with Crippen LogP contribution < -0.4 is 5.32 Å². The summed E-state index contributed by atoms with van der Waals surface area (Å²) in [6.07, 6.45) is 5.98. The fourth-order valence-electron chi connectivity index (χ4n) is 1.70. The second-order valence-electron chi connectivity index (χ2n) is 4.32. The van der Waals surface area contributed by atoms with E-state index in [1.54, 1.807) is 0 Å². The Labute approximate surface area is 88.4 Å². The van der Waals surface area contributed by atoms with E-state index in [0.29, 0.717) is 6.04 Å². The van der Waals surface area contributed by atoms with E-state index in [1.165, 1.54) is 25.8 Å². The summed E-state index contributed by atoms with van der Waals surface area (Å²) < 4.78 is 0. The summed E-state index contributed by atoms with van der Waals surface area (Å²) in [5.74, 6) is 0. The van der Waals surface area contributed by atoms with Crippen molar-refractivity contribution >= 4 is 0 Å². The van der Waals surface area contributed by atoms with Crippen LogP contribution in [-0.2, 0) is 0 Å². The van der Waals surface area contributed by atoms with Gasteiger partial charge in [-0.05, 0) is 32.7 Å². The van der Waals surface area contributed by atoms with Crippen molar-refractivity contribution in [2.45, 2.75) is 45.2 Å². The predicted octanol–water partition coefficient (Wildman–Crippen LogP) is 2.02. The van der Waals surface area contributed by atoms with Gasteiger partial charge in [0.1, 0.15) is 0 Å². The SMILES string of the molecule is C=CCN(CCC)C(C)CNC1CC1. The van der Waals surface area contributed by atoms with Gasteiger partial charge in [-0.25, -0.2) is 0 Å². The molecule has 0 amide bonds. The van der Waals surface area contributed by atoms with Gasteiger partial charge >= 0.3 is 0 Å². The van der Waals surface area contributed by atoms with E-state index in [4.69, 9.17) is 0 Å². The molecule has 14 heavy (non-hydrogen) atoms. The lowest BCUT2D eigenvalue weighted by Gasteiger charge is -2.27. The van der Waals surface area contributed by atoms with Gasteiger partial charge in [0, 0.05) is 25.2 Å². The van der Waals surface area contributed by atoms with Crippen molar-refractivity contribution in [2.24, 2.45) is 0 Å². The molecule has 1 saturated carbocycles. The minimum atomic E-state index is 0.633. The van der Waals surface area contributed by atoms with Gasteiger partial charge in [0.2, 0.25) is 0 Å². The van der Waals surface area contributed by atoms with Gasteiger partial charge in [-0.15, -0.1) is 6.58 Å². The Morgan fingerprint density at radius 1 is 1.57 bits per heavy atom. The molecule has 1 fully saturated rings. The number of rotatable bonds is 8.